The molecule has 0 fully saturated rings. The number of ether oxygens (including phenoxy) is 1. The van der Waals surface area contributed by atoms with Gasteiger partial charge in [0.25, 0.3) is 11.6 Å². The van der Waals surface area contributed by atoms with Gasteiger partial charge in [-0.2, -0.15) is 0 Å². The van der Waals surface area contributed by atoms with Crippen LogP contribution < -0.4 is 15.4 Å². The number of amides is 1. The number of nitrogens with one attached hydrogen (secondary N) is 2. The number of benzene rings is 3. The predicted octanol–water partition coefficient (Wildman–Crippen LogP) is 3.60. The Morgan fingerprint density at radius 1 is 1.11 bits per heavy atom. The number of hydrogen-bond donors (Lipinski definition) is 2. The van der Waals surface area contributed by atoms with Crippen LogP contribution in [0.5, 0.6) is 5.75 Å². The van der Waals surface area contributed by atoms with Crippen molar-refractivity contribution in [1.29, 1.82) is 0 Å². The molecule has 3 rings (SSSR count). The SMILES string of the molecule is CNC(=O)c1cc([N+](=O)[O-])ccc1NCCOc1cccc2ccccc12. The largest absolute Gasteiger partial charge is 0.491 e. The first-order valence-electron chi connectivity index (χ1n) is 8.45. The fourth-order valence-corrected chi connectivity index (χ4v) is 2.79. The van der Waals surface area contributed by atoms with Crippen molar-refractivity contribution in [2.24, 2.45) is 0 Å². The standard InChI is InChI=1S/C20H19N3O4/c1-21-20(24)17-13-15(23(25)26)9-10-18(17)22-11-12-27-19-8-4-6-14-5-2-3-7-16(14)19/h2-10,13,22H,11-12H2,1H3,(H,21,24). The number of nitro groups is 1. The molecule has 0 spiro atoms. The van der Waals surface area contributed by atoms with E-state index in [1.54, 1.807) is 0 Å². The summed E-state index contributed by atoms with van der Waals surface area (Å²) >= 11 is 0. The molecule has 27 heavy (non-hydrogen) atoms. The molecule has 0 aliphatic carbocycles. The molecule has 3 aromatic carbocycles. The summed E-state index contributed by atoms with van der Waals surface area (Å²) in [7, 11) is 1.48. The molecule has 0 atom stereocenters. The van der Waals surface area contributed by atoms with Crippen LogP contribution in [-0.2, 0) is 0 Å². The molecular formula is C20H19N3O4. The highest BCUT2D eigenvalue weighted by molar-refractivity contribution is 6.00. The van der Waals surface area contributed by atoms with Gasteiger partial charge < -0.3 is 15.4 Å². The van der Waals surface area contributed by atoms with Gasteiger partial charge in [0.2, 0.25) is 0 Å². The van der Waals surface area contributed by atoms with Gasteiger partial charge >= 0.3 is 0 Å². The van der Waals surface area contributed by atoms with E-state index in [-0.39, 0.29) is 11.3 Å². The minimum absolute atomic E-state index is 0.133. The average molecular weight is 365 g/mol. The summed E-state index contributed by atoms with van der Waals surface area (Å²) < 4.78 is 5.86. The molecule has 138 valence electrons. The summed E-state index contributed by atoms with van der Waals surface area (Å²) in [6.45, 7) is 0.809. The Bertz CT molecular complexity index is 983. The van der Waals surface area contributed by atoms with Crippen LogP contribution >= 0.6 is 0 Å². The second-order valence-electron chi connectivity index (χ2n) is 5.82. The van der Waals surface area contributed by atoms with Gasteiger partial charge in [-0.1, -0.05) is 36.4 Å². The lowest BCUT2D eigenvalue weighted by molar-refractivity contribution is -0.384. The van der Waals surface area contributed by atoms with Crippen molar-refractivity contribution in [1.82, 2.24) is 5.32 Å². The third-order valence-corrected chi connectivity index (χ3v) is 4.11. The Morgan fingerprint density at radius 3 is 2.67 bits per heavy atom. The van der Waals surface area contributed by atoms with Gasteiger partial charge in [0.05, 0.1) is 10.5 Å². The van der Waals surface area contributed by atoms with Crippen LogP contribution in [0.2, 0.25) is 0 Å². The molecule has 1 amide bonds. The van der Waals surface area contributed by atoms with Crippen molar-refractivity contribution in [3.8, 4) is 5.75 Å². The Labute approximate surface area is 156 Å². The molecule has 0 aliphatic rings. The monoisotopic (exact) mass is 365 g/mol. The lowest BCUT2D eigenvalue weighted by Crippen LogP contribution is -2.21. The lowest BCUT2D eigenvalue weighted by Gasteiger charge is -2.13. The first-order valence-corrected chi connectivity index (χ1v) is 8.45. The molecular weight excluding hydrogens is 346 g/mol. The minimum Gasteiger partial charge on any atom is -0.491 e. The van der Waals surface area contributed by atoms with E-state index < -0.39 is 10.8 Å². The Hall–Kier alpha value is -3.61. The van der Waals surface area contributed by atoms with Gasteiger partial charge in [0.1, 0.15) is 12.4 Å². The number of rotatable bonds is 7. The van der Waals surface area contributed by atoms with E-state index in [9.17, 15) is 14.9 Å². The van der Waals surface area contributed by atoms with E-state index in [0.717, 1.165) is 16.5 Å². The smallest absolute Gasteiger partial charge is 0.270 e. The molecule has 7 heteroatoms. The summed E-state index contributed by atoms with van der Waals surface area (Å²) in [6.07, 6.45) is 0. The Kier molecular flexibility index (Phi) is 5.51. The molecule has 0 unspecified atom stereocenters. The topological polar surface area (TPSA) is 93.5 Å². The van der Waals surface area contributed by atoms with Gasteiger partial charge in [-0.3, -0.25) is 14.9 Å². The number of fused-ring (bicyclic) bond motifs is 1. The summed E-state index contributed by atoms with van der Waals surface area (Å²) in [5, 5.41) is 18.7. The molecule has 0 aromatic heterocycles. The van der Waals surface area contributed by atoms with Crippen molar-refractivity contribution >= 4 is 28.1 Å². The molecule has 3 aromatic rings. The highest BCUT2D eigenvalue weighted by Crippen LogP contribution is 2.25. The van der Waals surface area contributed by atoms with Crippen LogP contribution in [-0.4, -0.2) is 31.0 Å². The van der Waals surface area contributed by atoms with Crippen LogP contribution in [0.25, 0.3) is 10.8 Å². The van der Waals surface area contributed by atoms with Crippen molar-refractivity contribution in [3.63, 3.8) is 0 Å². The maximum absolute atomic E-state index is 12.0. The molecule has 0 saturated carbocycles. The van der Waals surface area contributed by atoms with Crippen molar-refractivity contribution < 1.29 is 14.5 Å². The van der Waals surface area contributed by atoms with Gasteiger partial charge in [-0.15, -0.1) is 0 Å². The maximum Gasteiger partial charge on any atom is 0.270 e. The number of anilines is 1. The Balaban J connectivity index is 1.68. The summed E-state index contributed by atoms with van der Waals surface area (Å²) in [4.78, 5) is 22.4. The Morgan fingerprint density at radius 2 is 1.89 bits per heavy atom. The van der Waals surface area contributed by atoms with E-state index in [1.807, 2.05) is 42.5 Å². The molecule has 0 aliphatic heterocycles. The van der Waals surface area contributed by atoms with Gasteiger partial charge in [0.15, 0.2) is 0 Å². The number of non-ortho nitro benzene ring substituents is 1. The number of nitrogens with zero attached hydrogens (tertiary/aromatic N) is 1. The van der Waals surface area contributed by atoms with E-state index in [2.05, 4.69) is 10.6 Å². The minimum atomic E-state index is -0.528. The molecule has 2 N–H and O–H groups in total. The highest BCUT2D eigenvalue weighted by Gasteiger charge is 2.15. The molecule has 0 saturated heterocycles. The summed E-state index contributed by atoms with van der Waals surface area (Å²) in [5.74, 6) is 0.390. The van der Waals surface area contributed by atoms with E-state index in [1.165, 1.54) is 25.2 Å². The predicted molar refractivity (Wildman–Crippen MR) is 104 cm³/mol. The number of carbonyl (C=O) groups excluding carboxylic acids is 1. The van der Waals surface area contributed by atoms with Crippen LogP contribution in [0.15, 0.2) is 60.7 Å². The molecule has 0 radical (unpaired) electrons. The second-order valence-corrected chi connectivity index (χ2v) is 5.82. The fourth-order valence-electron chi connectivity index (χ4n) is 2.79. The molecule has 7 nitrogen and oxygen atoms in total. The third-order valence-electron chi connectivity index (χ3n) is 4.11. The highest BCUT2D eigenvalue weighted by atomic mass is 16.6. The number of nitro benzene ring substituents is 1. The third kappa shape index (κ3) is 4.14. The number of carbonyl (C=O) groups is 1. The summed E-state index contributed by atoms with van der Waals surface area (Å²) in [5.41, 5.74) is 0.601. The van der Waals surface area contributed by atoms with Gasteiger partial charge in [0, 0.05) is 36.8 Å². The van der Waals surface area contributed by atoms with Gasteiger partial charge in [-0.25, -0.2) is 0 Å². The summed E-state index contributed by atoms with van der Waals surface area (Å²) in [6, 6.07) is 18.0. The quantitative estimate of drug-likeness (QED) is 0.379. The zero-order chi connectivity index (χ0) is 19.2. The van der Waals surface area contributed by atoms with Crippen LogP contribution in [0.4, 0.5) is 11.4 Å². The van der Waals surface area contributed by atoms with Crippen molar-refractivity contribution in [2.45, 2.75) is 0 Å². The van der Waals surface area contributed by atoms with Gasteiger partial charge in [-0.05, 0) is 17.5 Å². The lowest BCUT2D eigenvalue weighted by atomic mass is 10.1. The van der Waals surface area contributed by atoms with E-state index in [0.29, 0.717) is 18.8 Å². The van der Waals surface area contributed by atoms with Crippen LogP contribution in [0.1, 0.15) is 10.4 Å². The first kappa shape index (κ1) is 18.2. The molecule has 0 bridgehead atoms. The first-order chi connectivity index (χ1) is 13.1. The second kappa shape index (κ2) is 8.18. The van der Waals surface area contributed by atoms with Crippen molar-refractivity contribution in [2.75, 3.05) is 25.5 Å². The zero-order valence-electron chi connectivity index (χ0n) is 14.8. The molecule has 0 heterocycles. The zero-order valence-corrected chi connectivity index (χ0v) is 14.8. The van der Waals surface area contributed by atoms with E-state index in [4.69, 9.17) is 4.74 Å². The number of hydrogen-bond acceptors (Lipinski definition) is 5. The van der Waals surface area contributed by atoms with Crippen LogP contribution in [0.3, 0.4) is 0 Å². The average Bonchev–Trinajstić information content (AvgIpc) is 2.70. The van der Waals surface area contributed by atoms with E-state index >= 15 is 0 Å². The van der Waals surface area contributed by atoms with Crippen LogP contribution in [0, 0.1) is 10.1 Å². The fraction of sp³-hybridized carbons (Fsp3) is 0.150. The normalized spacial score (nSPS) is 10.4. The van der Waals surface area contributed by atoms with Crippen molar-refractivity contribution in [3.05, 3.63) is 76.3 Å². The maximum atomic E-state index is 12.0.